The van der Waals surface area contributed by atoms with E-state index in [4.69, 9.17) is 9.47 Å². The maximum Gasteiger partial charge on any atom is 0.306 e. The van der Waals surface area contributed by atoms with Crippen LogP contribution in [0.1, 0.15) is 61.1 Å². The van der Waals surface area contributed by atoms with Gasteiger partial charge in [0, 0.05) is 5.92 Å². The number of carboxylic acids is 1. The molecule has 3 aromatic rings. The van der Waals surface area contributed by atoms with Gasteiger partial charge in [-0.1, -0.05) is 55.5 Å². The fraction of sp³-hybridized carbons (Fsp3) is 0.387. The zero-order chi connectivity index (χ0) is 23.9. The van der Waals surface area contributed by atoms with E-state index in [-0.39, 0.29) is 17.8 Å². The third-order valence-corrected chi connectivity index (χ3v) is 7.81. The first-order valence-electron chi connectivity index (χ1n) is 12.9. The molecule has 4 heteroatoms. The molecule has 2 aliphatic carbocycles. The molecule has 0 amide bonds. The first-order chi connectivity index (χ1) is 17.0. The second-order valence-corrected chi connectivity index (χ2v) is 10.5. The van der Waals surface area contributed by atoms with Crippen LogP contribution in [-0.4, -0.2) is 23.8 Å². The van der Waals surface area contributed by atoms with Crippen LogP contribution in [0.5, 0.6) is 11.5 Å². The van der Waals surface area contributed by atoms with E-state index >= 15 is 0 Å². The summed E-state index contributed by atoms with van der Waals surface area (Å²) in [5, 5.41) is 9.65. The van der Waals surface area contributed by atoms with E-state index in [9.17, 15) is 9.90 Å². The lowest BCUT2D eigenvalue weighted by atomic mass is 9.81. The van der Waals surface area contributed by atoms with Gasteiger partial charge in [-0.15, -0.1) is 0 Å². The Kier molecular flexibility index (Phi) is 5.75. The van der Waals surface area contributed by atoms with Crippen molar-refractivity contribution in [2.75, 3.05) is 6.61 Å². The van der Waals surface area contributed by atoms with Crippen LogP contribution >= 0.6 is 0 Å². The fourth-order valence-electron chi connectivity index (χ4n) is 5.49. The summed E-state index contributed by atoms with van der Waals surface area (Å²) in [7, 11) is 0. The molecule has 180 valence electrons. The lowest BCUT2D eigenvalue weighted by molar-refractivity contribution is -0.142. The lowest BCUT2D eigenvalue weighted by Crippen LogP contribution is -2.22. The Balaban J connectivity index is 1.19. The van der Waals surface area contributed by atoms with Crippen molar-refractivity contribution in [3.05, 3.63) is 83.4 Å². The molecule has 0 spiro atoms. The van der Waals surface area contributed by atoms with Crippen LogP contribution in [0.25, 0.3) is 11.1 Å². The molecular weight excluding hydrogens is 436 g/mol. The first kappa shape index (κ1) is 22.2. The van der Waals surface area contributed by atoms with E-state index in [0.29, 0.717) is 18.6 Å². The highest BCUT2D eigenvalue weighted by atomic mass is 16.5. The monoisotopic (exact) mass is 468 g/mol. The van der Waals surface area contributed by atoms with E-state index in [1.807, 2.05) is 19.1 Å². The average Bonchev–Trinajstić information content (AvgIpc) is 3.81. The summed E-state index contributed by atoms with van der Waals surface area (Å²) in [6.45, 7) is 2.51. The van der Waals surface area contributed by atoms with Gasteiger partial charge in [-0.3, -0.25) is 4.79 Å². The van der Waals surface area contributed by atoms with Gasteiger partial charge in [-0.05, 0) is 90.0 Å². The third kappa shape index (κ3) is 4.80. The standard InChI is InChI=1S/C31H32O4/c1-19(31(32)33)30(22-9-10-22)24-11-14-29-25(15-24)16-26(18-34-29)21-7-5-20(6-8-21)23-3-2-4-28(17-23)35-27-12-13-27/h2-8,11,14-15,17,19,22,26-27,30H,9-10,12-13,16,18H2,1H3,(H,32,33)/t19-,26?,30?/m0/s1. The maximum atomic E-state index is 11.7. The molecule has 3 aromatic carbocycles. The maximum absolute atomic E-state index is 11.7. The van der Waals surface area contributed by atoms with Crippen molar-refractivity contribution in [3.8, 4) is 22.6 Å². The van der Waals surface area contributed by atoms with Gasteiger partial charge < -0.3 is 14.6 Å². The SMILES string of the molecule is C[C@H](C(=O)O)C(c1ccc2c(c1)CC(c1ccc(-c3cccc(OC4CC4)c3)cc1)CO2)C1CC1. The molecule has 0 radical (unpaired) electrons. The number of hydrogen-bond acceptors (Lipinski definition) is 3. The van der Waals surface area contributed by atoms with E-state index in [1.165, 1.54) is 22.3 Å². The first-order valence-corrected chi connectivity index (χ1v) is 12.9. The number of fused-ring (bicyclic) bond motifs is 1. The minimum Gasteiger partial charge on any atom is -0.493 e. The second kappa shape index (κ2) is 9.07. The van der Waals surface area contributed by atoms with Gasteiger partial charge in [-0.25, -0.2) is 0 Å². The van der Waals surface area contributed by atoms with Crippen molar-refractivity contribution in [1.82, 2.24) is 0 Å². The van der Waals surface area contributed by atoms with Crippen LogP contribution in [0, 0.1) is 11.8 Å². The van der Waals surface area contributed by atoms with Gasteiger partial charge in [0.15, 0.2) is 0 Å². The van der Waals surface area contributed by atoms with E-state index in [0.717, 1.165) is 49.2 Å². The summed E-state index contributed by atoms with van der Waals surface area (Å²) in [6, 6.07) is 23.5. The Morgan fingerprint density at radius 2 is 1.77 bits per heavy atom. The van der Waals surface area contributed by atoms with Crippen LogP contribution in [0.4, 0.5) is 0 Å². The largest absolute Gasteiger partial charge is 0.493 e. The van der Waals surface area contributed by atoms with Gasteiger partial charge >= 0.3 is 5.97 Å². The molecule has 1 aliphatic heterocycles. The molecule has 3 aliphatic rings. The number of aliphatic carboxylic acids is 1. The zero-order valence-corrected chi connectivity index (χ0v) is 20.2. The van der Waals surface area contributed by atoms with Crippen molar-refractivity contribution in [2.45, 2.75) is 57.0 Å². The predicted molar refractivity (Wildman–Crippen MR) is 136 cm³/mol. The van der Waals surface area contributed by atoms with Gasteiger partial charge in [-0.2, -0.15) is 0 Å². The fourth-order valence-corrected chi connectivity index (χ4v) is 5.49. The Hall–Kier alpha value is -3.27. The van der Waals surface area contributed by atoms with E-state index in [1.54, 1.807) is 0 Å². The van der Waals surface area contributed by atoms with Crippen LogP contribution in [-0.2, 0) is 11.2 Å². The minimum absolute atomic E-state index is 0.0807. The van der Waals surface area contributed by atoms with Gasteiger partial charge in [0.25, 0.3) is 0 Å². The molecule has 6 rings (SSSR count). The number of rotatable bonds is 8. The van der Waals surface area contributed by atoms with Crippen molar-refractivity contribution < 1.29 is 19.4 Å². The van der Waals surface area contributed by atoms with Crippen LogP contribution in [0.15, 0.2) is 66.7 Å². The molecule has 2 saturated carbocycles. The van der Waals surface area contributed by atoms with Gasteiger partial charge in [0.1, 0.15) is 11.5 Å². The molecule has 35 heavy (non-hydrogen) atoms. The molecular formula is C31H32O4. The number of carbonyl (C=O) groups is 1. The molecule has 1 heterocycles. The normalized spacial score (nSPS) is 20.9. The Morgan fingerprint density at radius 1 is 0.971 bits per heavy atom. The summed E-state index contributed by atoms with van der Waals surface area (Å²) in [4.78, 5) is 11.7. The Morgan fingerprint density at radius 3 is 2.49 bits per heavy atom. The highest BCUT2D eigenvalue weighted by molar-refractivity contribution is 5.71. The number of hydrogen-bond donors (Lipinski definition) is 1. The third-order valence-electron chi connectivity index (χ3n) is 7.81. The molecule has 4 nitrogen and oxygen atoms in total. The van der Waals surface area contributed by atoms with Crippen LogP contribution in [0.2, 0.25) is 0 Å². The van der Waals surface area contributed by atoms with Gasteiger partial charge in [0.2, 0.25) is 0 Å². The van der Waals surface area contributed by atoms with E-state index in [2.05, 4.69) is 54.6 Å². The van der Waals surface area contributed by atoms with E-state index < -0.39 is 5.97 Å². The highest BCUT2D eigenvalue weighted by Gasteiger charge is 2.39. The summed E-state index contributed by atoms with van der Waals surface area (Å²) < 4.78 is 12.1. The topological polar surface area (TPSA) is 55.8 Å². The Labute approximate surface area is 206 Å². The number of benzene rings is 3. The second-order valence-electron chi connectivity index (χ2n) is 10.5. The zero-order valence-electron chi connectivity index (χ0n) is 20.2. The quantitative estimate of drug-likeness (QED) is 0.394. The lowest BCUT2D eigenvalue weighted by Gasteiger charge is -2.28. The molecule has 2 unspecified atom stereocenters. The van der Waals surface area contributed by atoms with Crippen molar-refractivity contribution in [1.29, 1.82) is 0 Å². The number of ether oxygens (including phenoxy) is 2. The molecule has 1 N–H and O–H groups in total. The molecule has 3 atom stereocenters. The van der Waals surface area contributed by atoms with Gasteiger partial charge in [0.05, 0.1) is 18.6 Å². The smallest absolute Gasteiger partial charge is 0.306 e. The van der Waals surface area contributed by atoms with Crippen LogP contribution in [0.3, 0.4) is 0 Å². The minimum atomic E-state index is -0.710. The summed E-state index contributed by atoms with van der Waals surface area (Å²) >= 11 is 0. The highest BCUT2D eigenvalue weighted by Crippen LogP contribution is 2.48. The molecule has 0 bridgehead atoms. The summed E-state index contributed by atoms with van der Waals surface area (Å²) in [5.74, 6) is 1.65. The van der Waals surface area contributed by atoms with Crippen molar-refractivity contribution in [2.24, 2.45) is 11.8 Å². The van der Waals surface area contributed by atoms with Crippen LogP contribution < -0.4 is 9.47 Å². The predicted octanol–water partition coefficient (Wildman–Crippen LogP) is 6.83. The van der Waals surface area contributed by atoms with Crippen molar-refractivity contribution >= 4 is 5.97 Å². The summed E-state index contributed by atoms with van der Waals surface area (Å²) in [6.07, 6.45) is 5.88. The molecule has 2 fully saturated rings. The molecule has 0 saturated heterocycles. The Bertz CT molecular complexity index is 1220. The molecule has 0 aromatic heterocycles. The average molecular weight is 469 g/mol. The number of carboxylic acid groups (broad SMARTS) is 1. The summed E-state index contributed by atoms with van der Waals surface area (Å²) in [5.41, 5.74) is 5.96. The van der Waals surface area contributed by atoms with Crippen molar-refractivity contribution in [3.63, 3.8) is 0 Å².